The molecule has 1 fully saturated rings. The molecule has 0 aliphatic carbocycles. The maximum absolute atomic E-state index is 12.6. The van der Waals surface area contributed by atoms with Crippen molar-refractivity contribution in [2.24, 2.45) is 5.92 Å². The van der Waals surface area contributed by atoms with Gasteiger partial charge in [0.25, 0.3) is 0 Å². The van der Waals surface area contributed by atoms with Gasteiger partial charge in [-0.25, -0.2) is 4.39 Å². The molecular weight excluding hydrogens is 203 g/mol. The minimum Gasteiger partial charge on any atom is -0.309 e. The first-order chi connectivity index (χ1) is 7.56. The minimum atomic E-state index is -0.229. The topological polar surface area (TPSA) is 15.3 Å². The number of hydrogen-bond acceptors (Lipinski definition) is 2. The van der Waals surface area contributed by atoms with Crippen LogP contribution in [-0.2, 0) is 0 Å². The highest BCUT2D eigenvalue weighted by molar-refractivity contribution is 4.95. The van der Waals surface area contributed by atoms with Crippen molar-refractivity contribution in [1.29, 1.82) is 0 Å². The molecule has 0 spiro atoms. The summed E-state index contributed by atoms with van der Waals surface area (Å²) in [7, 11) is 0. The molecule has 1 rings (SSSR count). The summed E-state index contributed by atoms with van der Waals surface area (Å²) in [5.74, 6) is 0.639. The Morgan fingerprint density at radius 3 is 2.69 bits per heavy atom. The van der Waals surface area contributed by atoms with Crippen LogP contribution in [0.4, 0.5) is 4.39 Å². The second-order valence-electron chi connectivity index (χ2n) is 5.41. The molecule has 0 saturated carbocycles. The summed E-state index contributed by atoms with van der Waals surface area (Å²) in [5, 5.41) is 3.63. The van der Waals surface area contributed by atoms with E-state index in [4.69, 9.17) is 0 Å². The van der Waals surface area contributed by atoms with Crippen LogP contribution in [0.1, 0.15) is 40.5 Å². The Morgan fingerprint density at radius 1 is 1.50 bits per heavy atom. The Labute approximate surface area is 99.6 Å². The van der Waals surface area contributed by atoms with Gasteiger partial charge in [-0.05, 0) is 19.3 Å². The molecule has 0 bridgehead atoms. The molecule has 0 radical (unpaired) electrons. The fraction of sp³-hybridized carbons (Fsp3) is 1.00. The van der Waals surface area contributed by atoms with Crippen LogP contribution in [0.25, 0.3) is 0 Å². The van der Waals surface area contributed by atoms with Gasteiger partial charge in [-0.3, -0.25) is 4.90 Å². The van der Waals surface area contributed by atoms with Crippen molar-refractivity contribution in [3.63, 3.8) is 0 Å². The van der Waals surface area contributed by atoms with Crippen LogP contribution >= 0.6 is 0 Å². The van der Waals surface area contributed by atoms with E-state index in [1.807, 2.05) is 0 Å². The Bertz CT molecular complexity index is 210. The lowest BCUT2D eigenvalue weighted by molar-refractivity contribution is 0.0504. The van der Waals surface area contributed by atoms with Gasteiger partial charge >= 0.3 is 0 Å². The van der Waals surface area contributed by atoms with Crippen LogP contribution in [0.15, 0.2) is 0 Å². The first-order valence-corrected chi connectivity index (χ1v) is 6.61. The van der Waals surface area contributed by atoms with Crippen LogP contribution < -0.4 is 5.32 Å². The van der Waals surface area contributed by atoms with Crippen molar-refractivity contribution >= 4 is 0 Å². The zero-order chi connectivity index (χ0) is 12.2. The lowest BCUT2D eigenvalue weighted by Crippen LogP contribution is -2.64. The molecule has 1 saturated heterocycles. The number of rotatable bonds is 5. The second-order valence-corrected chi connectivity index (χ2v) is 5.41. The predicted octanol–water partition coefficient (Wildman–Crippen LogP) is 2.44. The molecule has 0 aromatic carbocycles. The summed E-state index contributed by atoms with van der Waals surface area (Å²) >= 11 is 0. The molecule has 0 aromatic heterocycles. The molecule has 2 nitrogen and oxygen atoms in total. The highest BCUT2D eigenvalue weighted by atomic mass is 19.1. The first-order valence-electron chi connectivity index (χ1n) is 6.61. The third-order valence-electron chi connectivity index (χ3n) is 4.21. The fourth-order valence-corrected chi connectivity index (χ4v) is 2.52. The van der Waals surface area contributed by atoms with Gasteiger partial charge in [0, 0.05) is 31.2 Å². The molecule has 1 heterocycles. The quantitative estimate of drug-likeness (QED) is 0.780. The lowest BCUT2D eigenvalue weighted by Gasteiger charge is -2.47. The van der Waals surface area contributed by atoms with E-state index < -0.39 is 0 Å². The Balaban J connectivity index is 2.66. The molecule has 16 heavy (non-hydrogen) atoms. The van der Waals surface area contributed by atoms with E-state index in [9.17, 15) is 4.39 Å². The van der Waals surface area contributed by atoms with E-state index >= 15 is 0 Å². The van der Waals surface area contributed by atoms with E-state index in [1.165, 1.54) is 0 Å². The molecule has 3 unspecified atom stereocenters. The molecule has 1 aliphatic rings. The van der Waals surface area contributed by atoms with Gasteiger partial charge in [-0.2, -0.15) is 0 Å². The largest absolute Gasteiger partial charge is 0.309 e. The van der Waals surface area contributed by atoms with Crippen molar-refractivity contribution in [3.05, 3.63) is 0 Å². The van der Waals surface area contributed by atoms with Crippen molar-refractivity contribution in [1.82, 2.24) is 10.2 Å². The third-order valence-corrected chi connectivity index (χ3v) is 4.21. The van der Waals surface area contributed by atoms with Crippen molar-refractivity contribution in [3.8, 4) is 0 Å². The number of nitrogens with one attached hydrogen (secondary N) is 1. The van der Waals surface area contributed by atoms with Gasteiger partial charge in [0.2, 0.25) is 0 Å². The van der Waals surface area contributed by atoms with Crippen molar-refractivity contribution in [2.45, 2.75) is 52.1 Å². The molecule has 1 N–H and O–H groups in total. The summed E-state index contributed by atoms with van der Waals surface area (Å²) in [6.07, 6.45) is 2.26. The lowest BCUT2D eigenvalue weighted by atomic mass is 9.88. The summed E-state index contributed by atoms with van der Waals surface area (Å²) in [4.78, 5) is 2.34. The normalized spacial score (nSPS) is 33.9. The van der Waals surface area contributed by atoms with Gasteiger partial charge < -0.3 is 5.32 Å². The highest BCUT2D eigenvalue weighted by Crippen LogP contribution is 2.23. The standard InChI is InChI=1S/C13H27FN2/c1-5-11(3)12-9-15-13(4,6-2)10-16(12)8-7-14/h11-12,15H,5-10H2,1-4H3. The predicted molar refractivity (Wildman–Crippen MR) is 67.5 cm³/mol. The maximum atomic E-state index is 12.6. The van der Waals surface area contributed by atoms with Crippen LogP contribution in [0.2, 0.25) is 0 Å². The van der Waals surface area contributed by atoms with E-state index in [2.05, 4.69) is 37.9 Å². The Hall–Kier alpha value is -0.150. The highest BCUT2D eigenvalue weighted by Gasteiger charge is 2.35. The molecule has 1 aliphatic heterocycles. The van der Waals surface area contributed by atoms with Crippen molar-refractivity contribution < 1.29 is 4.39 Å². The monoisotopic (exact) mass is 230 g/mol. The van der Waals surface area contributed by atoms with Gasteiger partial charge in [0.15, 0.2) is 0 Å². The van der Waals surface area contributed by atoms with E-state index in [0.29, 0.717) is 18.5 Å². The van der Waals surface area contributed by atoms with E-state index in [-0.39, 0.29) is 12.2 Å². The first kappa shape index (κ1) is 13.9. The molecule has 0 aromatic rings. The molecule has 96 valence electrons. The summed E-state index contributed by atoms with van der Waals surface area (Å²) in [6, 6.07) is 0.500. The van der Waals surface area contributed by atoms with Gasteiger partial charge in [0.05, 0.1) is 0 Å². The van der Waals surface area contributed by atoms with Crippen molar-refractivity contribution in [2.75, 3.05) is 26.3 Å². The Kier molecular flexibility index (Phi) is 5.19. The summed E-state index contributed by atoms with van der Waals surface area (Å²) in [6.45, 7) is 11.3. The summed E-state index contributed by atoms with van der Waals surface area (Å²) in [5.41, 5.74) is 0.166. The molecule has 3 heteroatoms. The SMILES string of the molecule is CCC(C)C1CNC(C)(CC)CN1CCF. The Morgan fingerprint density at radius 2 is 2.19 bits per heavy atom. The number of alkyl halides is 1. The average Bonchev–Trinajstić information content (AvgIpc) is 2.29. The summed E-state index contributed by atoms with van der Waals surface area (Å²) < 4.78 is 12.6. The smallest absolute Gasteiger partial charge is 0.102 e. The molecular formula is C13H27FN2. The van der Waals surface area contributed by atoms with E-state index in [1.54, 1.807) is 0 Å². The molecule has 3 atom stereocenters. The number of hydrogen-bond donors (Lipinski definition) is 1. The van der Waals surface area contributed by atoms with E-state index in [0.717, 1.165) is 25.9 Å². The number of halogens is 1. The average molecular weight is 230 g/mol. The van der Waals surface area contributed by atoms with Crippen LogP contribution in [0, 0.1) is 5.92 Å². The zero-order valence-corrected chi connectivity index (χ0v) is 11.2. The minimum absolute atomic E-state index is 0.166. The third kappa shape index (κ3) is 3.17. The number of piperazine rings is 1. The van der Waals surface area contributed by atoms with Gasteiger partial charge in [-0.1, -0.05) is 27.2 Å². The maximum Gasteiger partial charge on any atom is 0.102 e. The second kappa shape index (κ2) is 5.97. The van der Waals surface area contributed by atoms with Crippen LogP contribution in [0.3, 0.4) is 0 Å². The fourth-order valence-electron chi connectivity index (χ4n) is 2.52. The van der Waals surface area contributed by atoms with Gasteiger partial charge in [-0.15, -0.1) is 0 Å². The van der Waals surface area contributed by atoms with Crippen LogP contribution in [-0.4, -0.2) is 42.8 Å². The van der Waals surface area contributed by atoms with Gasteiger partial charge in [0.1, 0.15) is 6.67 Å². The number of nitrogens with zero attached hydrogens (tertiary/aromatic N) is 1. The van der Waals surface area contributed by atoms with Crippen LogP contribution in [0.5, 0.6) is 0 Å². The zero-order valence-electron chi connectivity index (χ0n) is 11.2. The molecule has 0 amide bonds.